The minimum Gasteiger partial charge on any atom is -0.374 e. The molecule has 8 heteroatoms. The van der Waals surface area contributed by atoms with Crippen LogP contribution in [-0.4, -0.2) is 48.9 Å². The number of hydrogen-bond acceptors (Lipinski definition) is 4. The summed E-state index contributed by atoms with van der Waals surface area (Å²) in [6.45, 7) is 2.63. The van der Waals surface area contributed by atoms with E-state index in [2.05, 4.69) is 33.2 Å². The van der Waals surface area contributed by atoms with Gasteiger partial charge in [-0.15, -0.1) is 0 Å². The van der Waals surface area contributed by atoms with Gasteiger partial charge in [-0.05, 0) is 97.3 Å². The number of carbonyl (C=O) groups excluding carboxylic acids is 2. The van der Waals surface area contributed by atoms with E-state index in [1.165, 1.54) is 17.0 Å². The highest BCUT2D eigenvalue weighted by molar-refractivity contribution is 14.1. The molecule has 0 aliphatic carbocycles. The van der Waals surface area contributed by atoms with Gasteiger partial charge in [0.2, 0.25) is 11.8 Å². The van der Waals surface area contributed by atoms with Crippen LogP contribution >= 0.6 is 22.6 Å². The highest BCUT2D eigenvalue weighted by atomic mass is 127. The van der Waals surface area contributed by atoms with Gasteiger partial charge in [0.05, 0.1) is 0 Å². The molecule has 0 radical (unpaired) electrons. The van der Waals surface area contributed by atoms with E-state index in [0.29, 0.717) is 32.4 Å². The summed E-state index contributed by atoms with van der Waals surface area (Å²) in [5.41, 5.74) is 7.41. The van der Waals surface area contributed by atoms with Crippen LogP contribution < -0.4 is 16.4 Å². The predicted molar refractivity (Wildman–Crippen MR) is 130 cm³/mol. The van der Waals surface area contributed by atoms with Crippen LogP contribution in [0.2, 0.25) is 0 Å². The van der Waals surface area contributed by atoms with E-state index in [9.17, 15) is 14.0 Å². The van der Waals surface area contributed by atoms with Gasteiger partial charge in [-0.2, -0.15) is 0 Å². The Morgan fingerprint density at radius 1 is 1.13 bits per heavy atom. The number of halogens is 2. The summed E-state index contributed by atoms with van der Waals surface area (Å²) in [5, 5.41) is 6.08. The molecule has 0 saturated heterocycles. The van der Waals surface area contributed by atoms with Gasteiger partial charge in [0.25, 0.3) is 0 Å². The third-order valence-electron chi connectivity index (χ3n) is 5.02. The van der Waals surface area contributed by atoms with Gasteiger partial charge in [0.15, 0.2) is 0 Å². The van der Waals surface area contributed by atoms with Crippen LogP contribution in [-0.2, 0) is 16.0 Å². The van der Waals surface area contributed by atoms with Gasteiger partial charge < -0.3 is 21.3 Å². The standard InChI is InChI=1S/C23H30FIN4O2/c1-16(28-20-11-9-19(25)10-12-20)23(31)29(2)21(4-3-14-26)22(30)27-15-13-17-5-7-18(24)8-6-17/h5-12,16,21,28H,3-4,13-15,26H2,1-2H3,(H,27,30). The Morgan fingerprint density at radius 2 is 1.77 bits per heavy atom. The zero-order valence-electron chi connectivity index (χ0n) is 17.9. The molecule has 31 heavy (non-hydrogen) atoms. The number of nitrogens with zero attached hydrogens (tertiary/aromatic N) is 1. The maximum absolute atomic E-state index is 13.0. The van der Waals surface area contributed by atoms with E-state index >= 15 is 0 Å². The fourth-order valence-corrected chi connectivity index (χ4v) is 3.59. The minimum atomic E-state index is -0.606. The Kier molecular flexibility index (Phi) is 10.2. The molecule has 0 aromatic heterocycles. The zero-order valence-corrected chi connectivity index (χ0v) is 20.1. The van der Waals surface area contributed by atoms with Crippen LogP contribution in [0, 0.1) is 9.39 Å². The Labute approximate surface area is 196 Å². The summed E-state index contributed by atoms with van der Waals surface area (Å²) >= 11 is 2.22. The maximum atomic E-state index is 13.0. The van der Waals surface area contributed by atoms with Crippen molar-refractivity contribution in [2.75, 3.05) is 25.5 Å². The Morgan fingerprint density at radius 3 is 2.39 bits per heavy atom. The van der Waals surface area contributed by atoms with E-state index in [-0.39, 0.29) is 17.6 Å². The molecule has 2 unspecified atom stereocenters. The molecule has 2 aromatic rings. The SMILES string of the molecule is CC(Nc1ccc(I)cc1)C(=O)N(C)C(CCCN)C(=O)NCCc1ccc(F)cc1. The van der Waals surface area contributed by atoms with Crippen LogP contribution in [0.1, 0.15) is 25.3 Å². The molecule has 6 nitrogen and oxygen atoms in total. The van der Waals surface area contributed by atoms with Crippen LogP contribution in [0.3, 0.4) is 0 Å². The first-order valence-corrected chi connectivity index (χ1v) is 11.4. The first kappa shape index (κ1) is 25.1. The largest absolute Gasteiger partial charge is 0.374 e. The molecule has 0 aliphatic rings. The summed E-state index contributed by atoms with van der Waals surface area (Å²) in [7, 11) is 1.65. The normalized spacial score (nSPS) is 12.7. The van der Waals surface area contributed by atoms with E-state index in [1.54, 1.807) is 26.1 Å². The van der Waals surface area contributed by atoms with E-state index in [1.807, 2.05) is 24.3 Å². The van der Waals surface area contributed by atoms with Crippen molar-refractivity contribution in [2.45, 2.75) is 38.3 Å². The van der Waals surface area contributed by atoms with Crippen molar-refractivity contribution in [1.82, 2.24) is 10.2 Å². The fraction of sp³-hybridized carbons (Fsp3) is 0.391. The van der Waals surface area contributed by atoms with Crippen LogP contribution in [0.5, 0.6) is 0 Å². The number of nitrogens with one attached hydrogen (secondary N) is 2. The molecule has 2 amide bonds. The lowest BCUT2D eigenvalue weighted by Gasteiger charge is -2.30. The zero-order chi connectivity index (χ0) is 22.8. The molecule has 0 saturated carbocycles. The molecule has 0 heterocycles. The molecule has 2 atom stereocenters. The first-order chi connectivity index (χ1) is 14.8. The number of rotatable bonds is 11. The predicted octanol–water partition coefficient (Wildman–Crippen LogP) is 3.16. The fourth-order valence-electron chi connectivity index (χ4n) is 3.23. The third kappa shape index (κ3) is 8.10. The van der Waals surface area contributed by atoms with Crippen molar-refractivity contribution in [3.63, 3.8) is 0 Å². The number of hydrogen-bond donors (Lipinski definition) is 3. The summed E-state index contributed by atoms with van der Waals surface area (Å²) in [6, 6.07) is 12.8. The topological polar surface area (TPSA) is 87.5 Å². The molecular formula is C23H30FIN4O2. The molecule has 2 rings (SSSR count). The summed E-state index contributed by atoms with van der Waals surface area (Å²) in [4.78, 5) is 27.3. The number of nitrogens with two attached hydrogens (primary N) is 1. The van der Waals surface area contributed by atoms with Gasteiger partial charge in [-0.1, -0.05) is 12.1 Å². The van der Waals surface area contributed by atoms with Gasteiger partial charge in [0.1, 0.15) is 17.9 Å². The van der Waals surface area contributed by atoms with Crippen LogP contribution in [0.15, 0.2) is 48.5 Å². The monoisotopic (exact) mass is 540 g/mol. The van der Waals surface area contributed by atoms with Crippen molar-refractivity contribution in [2.24, 2.45) is 5.73 Å². The number of anilines is 1. The van der Waals surface area contributed by atoms with Crippen LogP contribution in [0.4, 0.5) is 10.1 Å². The Balaban J connectivity index is 1.95. The maximum Gasteiger partial charge on any atom is 0.245 e. The van der Waals surface area contributed by atoms with E-state index in [0.717, 1.165) is 14.8 Å². The molecule has 0 bridgehead atoms. The van der Waals surface area contributed by atoms with E-state index < -0.39 is 12.1 Å². The summed E-state index contributed by atoms with van der Waals surface area (Å²) in [5.74, 6) is -0.676. The van der Waals surface area contributed by atoms with Gasteiger partial charge in [0, 0.05) is 22.8 Å². The summed E-state index contributed by atoms with van der Waals surface area (Å²) in [6.07, 6.45) is 1.70. The smallest absolute Gasteiger partial charge is 0.245 e. The molecule has 168 valence electrons. The van der Waals surface area contributed by atoms with Crippen molar-refractivity contribution < 1.29 is 14.0 Å². The van der Waals surface area contributed by atoms with Gasteiger partial charge in [-0.3, -0.25) is 9.59 Å². The third-order valence-corrected chi connectivity index (χ3v) is 5.74. The number of amides is 2. The van der Waals surface area contributed by atoms with Crippen molar-refractivity contribution in [1.29, 1.82) is 0 Å². The minimum absolute atomic E-state index is 0.172. The second-order valence-corrected chi connectivity index (χ2v) is 8.68. The molecule has 2 aromatic carbocycles. The first-order valence-electron chi connectivity index (χ1n) is 10.3. The average molecular weight is 540 g/mol. The number of likely N-dealkylation sites (N-methyl/N-ethyl adjacent to an activating group) is 1. The summed E-state index contributed by atoms with van der Waals surface area (Å²) < 4.78 is 14.1. The molecular weight excluding hydrogens is 510 g/mol. The number of benzene rings is 2. The number of carbonyl (C=O) groups is 2. The lowest BCUT2D eigenvalue weighted by atomic mass is 10.1. The van der Waals surface area contributed by atoms with Gasteiger partial charge in [-0.25, -0.2) is 4.39 Å². The molecule has 4 N–H and O–H groups in total. The quantitative estimate of drug-likeness (QED) is 0.383. The molecule has 0 spiro atoms. The molecule has 0 fully saturated rings. The highest BCUT2D eigenvalue weighted by Gasteiger charge is 2.29. The average Bonchev–Trinajstić information content (AvgIpc) is 2.76. The lowest BCUT2D eigenvalue weighted by Crippen LogP contribution is -2.51. The van der Waals surface area contributed by atoms with Crippen molar-refractivity contribution in [3.8, 4) is 0 Å². The highest BCUT2D eigenvalue weighted by Crippen LogP contribution is 2.14. The van der Waals surface area contributed by atoms with Gasteiger partial charge >= 0.3 is 0 Å². The lowest BCUT2D eigenvalue weighted by molar-refractivity contribution is -0.139. The van der Waals surface area contributed by atoms with Crippen molar-refractivity contribution in [3.05, 3.63) is 63.5 Å². The van der Waals surface area contributed by atoms with Crippen molar-refractivity contribution >= 4 is 40.1 Å². The second-order valence-electron chi connectivity index (χ2n) is 7.44. The molecule has 0 aliphatic heterocycles. The second kappa shape index (κ2) is 12.6. The van der Waals surface area contributed by atoms with Crippen LogP contribution in [0.25, 0.3) is 0 Å². The Hall–Kier alpha value is -2.20. The van der Waals surface area contributed by atoms with E-state index in [4.69, 9.17) is 5.73 Å². The Bertz CT molecular complexity index is 846.